The van der Waals surface area contributed by atoms with E-state index in [1.807, 2.05) is 0 Å². The maximum atomic E-state index is 6.37. The minimum absolute atomic E-state index is 0.252. The summed E-state index contributed by atoms with van der Waals surface area (Å²) >= 11 is 0. The van der Waals surface area contributed by atoms with Crippen molar-refractivity contribution in [2.45, 2.75) is 52.8 Å². The van der Waals surface area contributed by atoms with Gasteiger partial charge in [0.05, 0.1) is 0 Å². The molecule has 0 fully saturated rings. The Morgan fingerprint density at radius 1 is 1.00 bits per heavy atom. The molecule has 1 rings (SSSR count). The number of hydrogen-bond donors (Lipinski definition) is 0. The first-order chi connectivity index (χ1) is 7.15. The van der Waals surface area contributed by atoms with E-state index >= 15 is 0 Å². The Hall–Kier alpha value is -0.763. The van der Waals surface area contributed by atoms with E-state index in [9.17, 15) is 0 Å². The van der Waals surface area contributed by atoms with Gasteiger partial charge in [0.2, 0.25) is 0 Å². The summed E-state index contributed by atoms with van der Waals surface area (Å²) in [5.74, 6) is 1.09. The topological polar surface area (TPSA) is 9.23 Å². The highest BCUT2D eigenvalue weighted by Gasteiger charge is 2.39. The zero-order valence-electron chi connectivity index (χ0n) is 11.6. The number of benzene rings is 1. The molecular formula is C14H24OSi. The smallest absolute Gasteiger partial charge is 0.250 e. The second kappa shape index (κ2) is 4.25. The van der Waals surface area contributed by atoms with E-state index in [-0.39, 0.29) is 5.04 Å². The molecule has 0 radical (unpaired) electrons. The van der Waals surface area contributed by atoms with E-state index in [1.165, 1.54) is 11.1 Å². The quantitative estimate of drug-likeness (QED) is 0.677. The van der Waals surface area contributed by atoms with Crippen molar-refractivity contribution in [2.24, 2.45) is 0 Å². The standard InChI is InChI=1S/C14H24OSi/c1-11-9-8-10-12(2)13(11)15-16(6,7)14(3,4)5/h8-10H,1-7H3. The Morgan fingerprint density at radius 2 is 1.44 bits per heavy atom. The first-order valence-corrected chi connectivity index (χ1v) is 8.81. The second-order valence-corrected chi connectivity index (χ2v) is 10.8. The maximum absolute atomic E-state index is 6.37. The first kappa shape index (κ1) is 13.3. The molecule has 0 aromatic heterocycles. The van der Waals surface area contributed by atoms with Crippen LogP contribution in [0.5, 0.6) is 5.75 Å². The van der Waals surface area contributed by atoms with Gasteiger partial charge in [-0.25, -0.2) is 0 Å². The van der Waals surface area contributed by atoms with E-state index in [0.29, 0.717) is 0 Å². The minimum Gasteiger partial charge on any atom is -0.543 e. The third-order valence-corrected chi connectivity index (χ3v) is 7.90. The Labute approximate surface area is 101 Å². The predicted molar refractivity (Wildman–Crippen MR) is 73.7 cm³/mol. The molecule has 0 atom stereocenters. The highest BCUT2D eigenvalue weighted by atomic mass is 28.4. The third-order valence-electron chi connectivity index (χ3n) is 3.57. The molecule has 0 aliphatic carbocycles. The summed E-state index contributed by atoms with van der Waals surface area (Å²) < 4.78 is 6.37. The van der Waals surface area contributed by atoms with E-state index in [0.717, 1.165) is 5.75 Å². The van der Waals surface area contributed by atoms with Crippen molar-refractivity contribution in [1.82, 2.24) is 0 Å². The number of aryl methyl sites for hydroxylation is 2. The molecule has 1 aromatic rings. The van der Waals surface area contributed by atoms with Gasteiger partial charge in [-0.15, -0.1) is 0 Å². The van der Waals surface area contributed by atoms with Crippen LogP contribution in [0.4, 0.5) is 0 Å². The van der Waals surface area contributed by atoms with Crippen LogP contribution in [-0.2, 0) is 0 Å². The fourth-order valence-electron chi connectivity index (χ4n) is 1.37. The van der Waals surface area contributed by atoms with Crippen LogP contribution in [0.3, 0.4) is 0 Å². The second-order valence-electron chi connectivity index (χ2n) is 6.08. The lowest BCUT2D eigenvalue weighted by molar-refractivity contribution is 0.486. The Bertz CT molecular complexity index is 355. The van der Waals surface area contributed by atoms with Gasteiger partial charge >= 0.3 is 0 Å². The van der Waals surface area contributed by atoms with Gasteiger partial charge in [0.1, 0.15) is 5.75 Å². The SMILES string of the molecule is Cc1cccc(C)c1O[Si](C)(C)C(C)(C)C. The van der Waals surface area contributed by atoms with Crippen LogP contribution >= 0.6 is 0 Å². The third kappa shape index (κ3) is 2.67. The van der Waals surface area contributed by atoms with Gasteiger partial charge in [0.25, 0.3) is 8.32 Å². The van der Waals surface area contributed by atoms with Crippen LogP contribution in [0.2, 0.25) is 18.1 Å². The number of hydrogen-bond acceptors (Lipinski definition) is 1. The predicted octanol–water partition coefficient (Wildman–Crippen LogP) is 4.69. The Morgan fingerprint density at radius 3 is 1.81 bits per heavy atom. The van der Waals surface area contributed by atoms with Crippen molar-refractivity contribution in [3.63, 3.8) is 0 Å². The normalized spacial score (nSPS) is 12.7. The first-order valence-electron chi connectivity index (χ1n) is 5.90. The molecule has 0 saturated heterocycles. The van der Waals surface area contributed by atoms with Crippen molar-refractivity contribution in [1.29, 1.82) is 0 Å². The van der Waals surface area contributed by atoms with Gasteiger partial charge in [-0.2, -0.15) is 0 Å². The summed E-state index contributed by atoms with van der Waals surface area (Å²) in [4.78, 5) is 0. The molecule has 0 bridgehead atoms. The van der Waals surface area contributed by atoms with Gasteiger partial charge in [-0.3, -0.25) is 0 Å². The van der Waals surface area contributed by atoms with Crippen LogP contribution in [-0.4, -0.2) is 8.32 Å². The molecule has 0 heterocycles. The fraction of sp³-hybridized carbons (Fsp3) is 0.571. The average Bonchev–Trinajstić information content (AvgIpc) is 2.10. The highest BCUT2D eigenvalue weighted by molar-refractivity contribution is 6.74. The molecule has 0 aliphatic rings. The van der Waals surface area contributed by atoms with Crippen LogP contribution in [0.25, 0.3) is 0 Å². The lowest BCUT2D eigenvalue weighted by Crippen LogP contribution is -2.44. The van der Waals surface area contributed by atoms with Crippen molar-refractivity contribution in [3.05, 3.63) is 29.3 Å². The van der Waals surface area contributed by atoms with E-state index < -0.39 is 8.32 Å². The Kier molecular flexibility index (Phi) is 3.53. The van der Waals surface area contributed by atoms with Gasteiger partial charge in [0.15, 0.2) is 0 Å². The molecule has 1 aromatic carbocycles. The fourth-order valence-corrected chi connectivity index (χ4v) is 2.51. The Balaban J connectivity index is 3.06. The van der Waals surface area contributed by atoms with Crippen molar-refractivity contribution < 1.29 is 4.43 Å². The van der Waals surface area contributed by atoms with E-state index in [4.69, 9.17) is 4.43 Å². The molecule has 0 amide bonds. The minimum atomic E-state index is -1.71. The van der Waals surface area contributed by atoms with Crippen LogP contribution in [0.15, 0.2) is 18.2 Å². The molecule has 1 nitrogen and oxygen atoms in total. The van der Waals surface area contributed by atoms with E-state index in [2.05, 4.69) is 65.9 Å². The summed E-state index contributed by atoms with van der Waals surface area (Å²) in [6.07, 6.45) is 0. The van der Waals surface area contributed by atoms with Gasteiger partial charge in [0, 0.05) is 0 Å². The summed E-state index contributed by atoms with van der Waals surface area (Å²) in [7, 11) is -1.71. The van der Waals surface area contributed by atoms with Crippen molar-refractivity contribution >= 4 is 8.32 Å². The van der Waals surface area contributed by atoms with Crippen molar-refractivity contribution in [2.75, 3.05) is 0 Å². The zero-order chi connectivity index (χ0) is 12.6. The molecule has 0 spiro atoms. The van der Waals surface area contributed by atoms with Gasteiger partial charge in [-0.1, -0.05) is 39.0 Å². The summed E-state index contributed by atoms with van der Waals surface area (Å²) in [5.41, 5.74) is 2.48. The molecule has 90 valence electrons. The zero-order valence-corrected chi connectivity index (χ0v) is 12.6. The van der Waals surface area contributed by atoms with Gasteiger partial charge in [-0.05, 0) is 43.1 Å². The number of para-hydroxylation sites is 1. The molecule has 0 saturated carbocycles. The van der Waals surface area contributed by atoms with E-state index in [1.54, 1.807) is 0 Å². The van der Waals surface area contributed by atoms with Crippen LogP contribution < -0.4 is 4.43 Å². The average molecular weight is 236 g/mol. The summed E-state index contributed by atoms with van der Waals surface area (Å²) in [6, 6.07) is 6.33. The summed E-state index contributed by atoms with van der Waals surface area (Å²) in [6.45, 7) is 15.6. The lowest BCUT2D eigenvalue weighted by atomic mass is 10.1. The largest absolute Gasteiger partial charge is 0.543 e. The molecule has 2 heteroatoms. The molecule has 0 aliphatic heterocycles. The van der Waals surface area contributed by atoms with Crippen molar-refractivity contribution in [3.8, 4) is 5.75 Å². The van der Waals surface area contributed by atoms with Gasteiger partial charge < -0.3 is 4.43 Å². The molecule has 0 unspecified atom stereocenters. The summed E-state index contributed by atoms with van der Waals surface area (Å²) in [5, 5.41) is 0.252. The molecule has 16 heavy (non-hydrogen) atoms. The highest BCUT2D eigenvalue weighted by Crippen LogP contribution is 2.38. The lowest BCUT2D eigenvalue weighted by Gasteiger charge is -2.37. The molecular weight excluding hydrogens is 212 g/mol. The van der Waals surface area contributed by atoms with Crippen LogP contribution in [0.1, 0.15) is 31.9 Å². The maximum Gasteiger partial charge on any atom is 0.250 e. The number of rotatable bonds is 2. The van der Waals surface area contributed by atoms with Crippen LogP contribution in [0, 0.1) is 13.8 Å². The molecule has 0 N–H and O–H groups in total. The monoisotopic (exact) mass is 236 g/mol.